The van der Waals surface area contributed by atoms with Crippen LogP contribution in [0.25, 0.3) is 0 Å². The standard InChI is InChI=1S/C13H29N3O/c1-7-16(8-2)10-11(3)14-9-12(17)15-13(4,5)6/h11,14H,7-10H2,1-6H3,(H,15,17). The van der Waals surface area contributed by atoms with Crippen LogP contribution in [0.1, 0.15) is 41.5 Å². The molecule has 0 aromatic carbocycles. The van der Waals surface area contributed by atoms with E-state index in [-0.39, 0.29) is 11.4 Å². The van der Waals surface area contributed by atoms with Gasteiger partial charge >= 0.3 is 0 Å². The molecule has 0 spiro atoms. The van der Waals surface area contributed by atoms with Gasteiger partial charge in [-0.05, 0) is 40.8 Å². The first-order chi connectivity index (χ1) is 7.78. The summed E-state index contributed by atoms with van der Waals surface area (Å²) in [4.78, 5) is 13.9. The van der Waals surface area contributed by atoms with Crippen LogP contribution >= 0.6 is 0 Å². The lowest BCUT2D eigenvalue weighted by Gasteiger charge is -2.24. The van der Waals surface area contributed by atoms with Crippen LogP contribution < -0.4 is 10.6 Å². The van der Waals surface area contributed by atoms with Gasteiger partial charge in [0, 0.05) is 18.1 Å². The zero-order valence-electron chi connectivity index (χ0n) is 12.3. The van der Waals surface area contributed by atoms with Crippen molar-refractivity contribution in [3.05, 3.63) is 0 Å². The third-order valence-corrected chi connectivity index (χ3v) is 2.55. The van der Waals surface area contributed by atoms with Crippen LogP contribution in [0.15, 0.2) is 0 Å². The van der Waals surface area contributed by atoms with Crippen LogP contribution in [0, 0.1) is 0 Å². The fourth-order valence-electron chi connectivity index (χ4n) is 1.66. The van der Waals surface area contributed by atoms with Gasteiger partial charge in [0.05, 0.1) is 6.54 Å². The highest BCUT2D eigenvalue weighted by atomic mass is 16.2. The predicted octanol–water partition coefficient (Wildman–Crippen LogP) is 1.22. The van der Waals surface area contributed by atoms with Gasteiger partial charge in [-0.1, -0.05) is 13.8 Å². The molecular weight excluding hydrogens is 214 g/mol. The molecule has 17 heavy (non-hydrogen) atoms. The Morgan fingerprint density at radius 1 is 1.24 bits per heavy atom. The normalized spacial score (nSPS) is 13.8. The summed E-state index contributed by atoms with van der Waals surface area (Å²) in [6.07, 6.45) is 0. The van der Waals surface area contributed by atoms with E-state index in [9.17, 15) is 4.79 Å². The molecule has 102 valence electrons. The summed E-state index contributed by atoms with van der Waals surface area (Å²) in [5.41, 5.74) is -0.152. The Kier molecular flexibility index (Phi) is 7.39. The Hall–Kier alpha value is -0.610. The van der Waals surface area contributed by atoms with Gasteiger partial charge < -0.3 is 15.5 Å². The molecule has 0 rings (SSSR count). The maximum atomic E-state index is 11.6. The lowest BCUT2D eigenvalue weighted by Crippen LogP contribution is -2.48. The highest BCUT2D eigenvalue weighted by Gasteiger charge is 2.14. The van der Waals surface area contributed by atoms with Crippen molar-refractivity contribution in [1.29, 1.82) is 0 Å². The molecule has 0 radical (unpaired) electrons. The van der Waals surface area contributed by atoms with Crippen molar-refractivity contribution in [2.45, 2.75) is 53.1 Å². The lowest BCUT2D eigenvalue weighted by atomic mass is 10.1. The lowest BCUT2D eigenvalue weighted by molar-refractivity contribution is -0.121. The van der Waals surface area contributed by atoms with Crippen molar-refractivity contribution in [2.24, 2.45) is 0 Å². The van der Waals surface area contributed by atoms with E-state index in [1.54, 1.807) is 0 Å². The zero-order chi connectivity index (χ0) is 13.5. The quantitative estimate of drug-likeness (QED) is 0.707. The van der Waals surface area contributed by atoms with Gasteiger partial charge in [-0.25, -0.2) is 0 Å². The summed E-state index contributed by atoms with van der Waals surface area (Å²) in [5.74, 6) is 0.0592. The number of nitrogens with one attached hydrogen (secondary N) is 2. The molecular formula is C13H29N3O. The first kappa shape index (κ1) is 16.4. The van der Waals surface area contributed by atoms with E-state index in [1.807, 2.05) is 20.8 Å². The van der Waals surface area contributed by atoms with Gasteiger partial charge in [0.1, 0.15) is 0 Å². The molecule has 0 aromatic heterocycles. The number of amides is 1. The van der Waals surface area contributed by atoms with E-state index in [0.29, 0.717) is 12.6 Å². The number of carbonyl (C=O) groups excluding carboxylic acids is 1. The van der Waals surface area contributed by atoms with E-state index in [1.165, 1.54) is 0 Å². The minimum Gasteiger partial charge on any atom is -0.350 e. The van der Waals surface area contributed by atoms with E-state index >= 15 is 0 Å². The fraction of sp³-hybridized carbons (Fsp3) is 0.923. The van der Waals surface area contributed by atoms with E-state index in [4.69, 9.17) is 0 Å². The first-order valence-corrected chi connectivity index (χ1v) is 6.55. The van der Waals surface area contributed by atoms with Crippen LogP contribution in [-0.4, -0.2) is 48.6 Å². The molecule has 0 fully saturated rings. The summed E-state index contributed by atoms with van der Waals surface area (Å²) < 4.78 is 0. The van der Waals surface area contributed by atoms with Crippen molar-refractivity contribution < 1.29 is 4.79 Å². The molecule has 0 saturated heterocycles. The summed E-state index contributed by atoms with van der Waals surface area (Å²) >= 11 is 0. The topological polar surface area (TPSA) is 44.4 Å². The highest BCUT2D eigenvalue weighted by molar-refractivity contribution is 5.78. The Labute approximate surface area is 106 Å². The second-order valence-electron chi connectivity index (χ2n) is 5.57. The molecule has 0 aliphatic carbocycles. The zero-order valence-corrected chi connectivity index (χ0v) is 12.3. The van der Waals surface area contributed by atoms with Gasteiger partial charge in [0.2, 0.25) is 5.91 Å². The maximum absolute atomic E-state index is 11.6. The van der Waals surface area contributed by atoms with Crippen molar-refractivity contribution in [1.82, 2.24) is 15.5 Å². The first-order valence-electron chi connectivity index (χ1n) is 6.55. The van der Waals surface area contributed by atoms with Crippen LogP contribution in [0.5, 0.6) is 0 Å². The molecule has 2 N–H and O–H groups in total. The Morgan fingerprint density at radius 3 is 2.18 bits per heavy atom. The van der Waals surface area contributed by atoms with Crippen molar-refractivity contribution in [3.8, 4) is 0 Å². The Bertz CT molecular complexity index is 219. The monoisotopic (exact) mass is 243 g/mol. The van der Waals surface area contributed by atoms with Gasteiger partial charge in [-0.3, -0.25) is 4.79 Å². The molecule has 0 heterocycles. The molecule has 0 saturated carbocycles. The summed E-state index contributed by atoms with van der Waals surface area (Å²) in [7, 11) is 0. The molecule has 1 atom stereocenters. The number of rotatable bonds is 7. The third kappa shape index (κ3) is 9.12. The van der Waals surface area contributed by atoms with Gasteiger partial charge in [0.15, 0.2) is 0 Å². The van der Waals surface area contributed by atoms with Crippen molar-refractivity contribution in [3.63, 3.8) is 0 Å². The third-order valence-electron chi connectivity index (χ3n) is 2.55. The fourth-order valence-corrected chi connectivity index (χ4v) is 1.66. The van der Waals surface area contributed by atoms with Gasteiger partial charge in [-0.15, -0.1) is 0 Å². The number of carbonyl (C=O) groups is 1. The van der Waals surface area contributed by atoms with Crippen LogP contribution in [-0.2, 0) is 4.79 Å². The van der Waals surface area contributed by atoms with Crippen LogP contribution in [0.4, 0.5) is 0 Å². The second-order valence-corrected chi connectivity index (χ2v) is 5.57. The summed E-state index contributed by atoms with van der Waals surface area (Å²) in [5, 5.41) is 6.19. The average molecular weight is 243 g/mol. The molecule has 4 nitrogen and oxygen atoms in total. The maximum Gasteiger partial charge on any atom is 0.234 e. The summed E-state index contributed by atoms with van der Waals surface area (Å²) in [6.45, 7) is 15.9. The van der Waals surface area contributed by atoms with Crippen LogP contribution in [0.3, 0.4) is 0 Å². The second kappa shape index (κ2) is 7.67. The summed E-state index contributed by atoms with van der Waals surface area (Å²) in [6, 6.07) is 0.334. The van der Waals surface area contributed by atoms with Gasteiger partial charge in [-0.2, -0.15) is 0 Å². The minimum atomic E-state index is -0.152. The van der Waals surface area contributed by atoms with Crippen LogP contribution in [0.2, 0.25) is 0 Å². The molecule has 1 unspecified atom stereocenters. The molecule has 0 aliphatic heterocycles. The molecule has 0 aromatic rings. The molecule has 0 aliphatic rings. The van der Waals surface area contributed by atoms with E-state index < -0.39 is 0 Å². The number of hydrogen-bond donors (Lipinski definition) is 2. The van der Waals surface area contributed by atoms with Gasteiger partial charge in [0.25, 0.3) is 0 Å². The van der Waals surface area contributed by atoms with E-state index in [2.05, 4.69) is 36.3 Å². The molecule has 1 amide bonds. The number of hydrogen-bond acceptors (Lipinski definition) is 3. The molecule has 4 heteroatoms. The van der Waals surface area contributed by atoms with Crippen molar-refractivity contribution in [2.75, 3.05) is 26.2 Å². The highest BCUT2D eigenvalue weighted by Crippen LogP contribution is 1.97. The number of likely N-dealkylation sites (N-methyl/N-ethyl adjacent to an activating group) is 1. The molecule has 0 bridgehead atoms. The number of nitrogens with zero attached hydrogens (tertiary/aromatic N) is 1. The largest absolute Gasteiger partial charge is 0.350 e. The SMILES string of the molecule is CCN(CC)CC(C)NCC(=O)NC(C)(C)C. The average Bonchev–Trinajstić information content (AvgIpc) is 2.20. The predicted molar refractivity (Wildman–Crippen MR) is 73.1 cm³/mol. The smallest absolute Gasteiger partial charge is 0.234 e. The minimum absolute atomic E-state index is 0.0592. The van der Waals surface area contributed by atoms with E-state index in [0.717, 1.165) is 19.6 Å². The Balaban J connectivity index is 3.84. The Morgan fingerprint density at radius 2 is 1.76 bits per heavy atom. The van der Waals surface area contributed by atoms with Crippen molar-refractivity contribution >= 4 is 5.91 Å².